The Labute approximate surface area is 112 Å². The Morgan fingerprint density at radius 1 is 1.44 bits per heavy atom. The van der Waals surface area contributed by atoms with E-state index in [2.05, 4.69) is 31.2 Å². The van der Waals surface area contributed by atoms with Gasteiger partial charge in [0.2, 0.25) is 5.71 Å². The Morgan fingerprint density at radius 2 is 2.11 bits per heavy atom. The average Bonchev–Trinajstić information content (AvgIpc) is 2.40. The number of nitrogens with zero attached hydrogens (tertiary/aromatic N) is 3. The number of hydrazone groups is 1. The molecular weight excluding hydrogens is 300 g/mol. The minimum absolute atomic E-state index is 0.308. The Balaban J connectivity index is 3.01. The van der Waals surface area contributed by atoms with Gasteiger partial charge >= 0.3 is 5.97 Å². The third-order valence-corrected chi connectivity index (χ3v) is 2.57. The highest BCUT2D eigenvalue weighted by Gasteiger charge is 2.10. The van der Waals surface area contributed by atoms with E-state index in [0.29, 0.717) is 15.7 Å². The molecule has 0 aliphatic rings. The zero-order chi connectivity index (χ0) is 13.5. The van der Waals surface area contributed by atoms with Crippen LogP contribution in [-0.4, -0.2) is 18.8 Å². The maximum Gasteiger partial charge on any atom is 0.339 e. The third-order valence-electron chi connectivity index (χ3n) is 1.88. The van der Waals surface area contributed by atoms with Crippen LogP contribution in [0.25, 0.3) is 0 Å². The molecule has 18 heavy (non-hydrogen) atoms. The molecule has 7 heteroatoms. The summed E-state index contributed by atoms with van der Waals surface area (Å²) < 4.78 is 5.18. The van der Waals surface area contributed by atoms with E-state index in [4.69, 9.17) is 10.5 Å². The molecule has 0 saturated carbocycles. The predicted molar refractivity (Wildman–Crippen MR) is 67.8 cm³/mol. The number of nitriles is 2. The van der Waals surface area contributed by atoms with Gasteiger partial charge in [-0.25, -0.2) is 4.79 Å². The van der Waals surface area contributed by atoms with E-state index in [1.54, 1.807) is 24.3 Å². The van der Waals surface area contributed by atoms with E-state index in [1.165, 1.54) is 13.2 Å². The second-order valence-corrected chi connectivity index (χ2v) is 3.84. The molecule has 6 nitrogen and oxygen atoms in total. The van der Waals surface area contributed by atoms with Crippen LogP contribution in [-0.2, 0) is 4.74 Å². The largest absolute Gasteiger partial charge is 0.465 e. The first kappa shape index (κ1) is 13.7. The van der Waals surface area contributed by atoms with E-state index in [9.17, 15) is 4.79 Å². The monoisotopic (exact) mass is 306 g/mol. The summed E-state index contributed by atoms with van der Waals surface area (Å²) in [6, 6.07) is 7.97. The molecule has 0 saturated heterocycles. The molecule has 0 spiro atoms. The summed E-state index contributed by atoms with van der Waals surface area (Å²) in [6.07, 6.45) is 0. The van der Waals surface area contributed by atoms with Crippen LogP contribution in [0, 0.1) is 22.7 Å². The molecule has 0 unspecified atom stereocenters. The molecule has 1 rings (SSSR count). The molecule has 0 fully saturated rings. The molecular formula is C11H7BrN4O2. The van der Waals surface area contributed by atoms with Crippen molar-refractivity contribution in [3.8, 4) is 12.1 Å². The smallest absolute Gasteiger partial charge is 0.339 e. The summed E-state index contributed by atoms with van der Waals surface area (Å²) in [5.74, 6) is -0.504. The number of rotatable bonds is 3. The first-order valence-corrected chi connectivity index (χ1v) is 5.43. The molecule has 1 aromatic carbocycles. The standard InChI is InChI=1S/C11H7BrN4O2/c1-18-11(17)9-4-7(2-3-10(9)12)15-16-8(5-13)6-14/h2-4,15H,1H3. The molecule has 0 bridgehead atoms. The summed E-state index contributed by atoms with van der Waals surface area (Å²) >= 11 is 3.21. The van der Waals surface area contributed by atoms with Crippen molar-refractivity contribution in [2.24, 2.45) is 5.10 Å². The number of hydrogen-bond acceptors (Lipinski definition) is 6. The molecule has 0 aromatic heterocycles. The summed E-state index contributed by atoms with van der Waals surface area (Å²) in [5.41, 5.74) is 2.97. The normalized spacial score (nSPS) is 8.67. The average molecular weight is 307 g/mol. The molecule has 0 amide bonds. The molecule has 1 aromatic rings. The van der Waals surface area contributed by atoms with Gasteiger partial charge in [0, 0.05) is 4.47 Å². The van der Waals surface area contributed by atoms with Gasteiger partial charge in [-0.1, -0.05) is 0 Å². The van der Waals surface area contributed by atoms with E-state index >= 15 is 0 Å². The lowest BCUT2D eigenvalue weighted by atomic mass is 10.2. The van der Waals surface area contributed by atoms with Crippen molar-refractivity contribution in [3.63, 3.8) is 0 Å². The van der Waals surface area contributed by atoms with Crippen molar-refractivity contribution in [1.29, 1.82) is 10.5 Å². The lowest BCUT2D eigenvalue weighted by Gasteiger charge is -2.05. The second kappa shape index (κ2) is 6.38. The highest BCUT2D eigenvalue weighted by atomic mass is 79.9. The van der Waals surface area contributed by atoms with Crippen molar-refractivity contribution in [3.05, 3.63) is 28.2 Å². The maximum atomic E-state index is 11.4. The fourth-order valence-electron chi connectivity index (χ4n) is 1.06. The number of benzene rings is 1. The Morgan fingerprint density at radius 3 is 2.67 bits per heavy atom. The van der Waals surface area contributed by atoms with E-state index in [-0.39, 0.29) is 5.71 Å². The third kappa shape index (κ3) is 3.30. The topological polar surface area (TPSA) is 98.3 Å². The number of esters is 1. The molecule has 0 atom stereocenters. The van der Waals surface area contributed by atoms with Crippen LogP contribution in [0.1, 0.15) is 10.4 Å². The number of halogens is 1. The first-order valence-electron chi connectivity index (χ1n) is 4.64. The molecule has 0 aliphatic carbocycles. The number of methoxy groups -OCH3 is 1. The summed E-state index contributed by atoms with van der Waals surface area (Å²) in [5, 5.41) is 20.6. The highest BCUT2D eigenvalue weighted by Crippen LogP contribution is 2.21. The van der Waals surface area contributed by atoms with E-state index in [1.807, 2.05) is 0 Å². The van der Waals surface area contributed by atoms with Gasteiger partial charge in [-0.05, 0) is 34.1 Å². The van der Waals surface area contributed by atoms with Crippen molar-refractivity contribution in [1.82, 2.24) is 0 Å². The second-order valence-electron chi connectivity index (χ2n) is 2.98. The lowest BCUT2D eigenvalue weighted by Crippen LogP contribution is -2.03. The van der Waals surface area contributed by atoms with Gasteiger partial charge in [-0.3, -0.25) is 5.43 Å². The van der Waals surface area contributed by atoms with Crippen LogP contribution in [0.2, 0.25) is 0 Å². The fourth-order valence-corrected chi connectivity index (χ4v) is 1.47. The summed E-state index contributed by atoms with van der Waals surface area (Å²) in [4.78, 5) is 11.4. The van der Waals surface area contributed by atoms with E-state index in [0.717, 1.165) is 0 Å². The van der Waals surface area contributed by atoms with Crippen LogP contribution >= 0.6 is 15.9 Å². The maximum absolute atomic E-state index is 11.4. The van der Waals surface area contributed by atoms with Gasteiger partial charge in [-0.15, -0.1) is 0 Å². The van der Waals surface area contributed by atoms with Gasteiger partial charge in [-0.2, -0.15) is 15.6 Å². The lowest BCUT2D eigenvalue weighted by molar-refractivity contribution is 0.0600. The fraction of sp³-hybridized carbons (Fsp3) is 0.0909. The number of ether oxygens (including phenoxy) is 1. The van der Waals surface area contributed by atoms with Gasteiger partial charge in [0.15, 0.2) is 0 Å². The zero-order valence-corrected chi connectivity index (χ0v) is 10.9. The quantitative estimate of drug-likeness (QED) is 0.523. The van der Waals surface area contributed by atoms with Crippen LogP contribution in [0.4, 0.5) is 5.69 Å². The SMILES string of the molecule is COC(=O)c1cc(NN=C(C#N)C#N)ccc1Br. The first-order chi connectivity index (χ1) is 8.62. The van der Waals surface area contributed by atoms with Crippen LogP contribution in [0.3, 0.4) is 0 Å². The number of anilines is 1. The van der Waals surface area contributed by atoms with Crippen LogP contribution in [0.5, 0.6) is 0 Å². The summed E-state index contributed by atoms with van der Waals surface area (Å²) in [6.45, 7) is 0. The number of carbonyl (C=O) groups is 1. The molecule has 1 N–H and O–H groups in total. The zero-order valence-electron chi connectivity index (χ0n) is 9.27. The molecule has 0 aliphatic heterocycles. The van der Waals surface area contributed by atoms with Crippen LogP contribution in [0.15, 0.2) is 27.8 Å². The van der Waals surface area contributed by atoms with Crippen molar-refractivity contribution in [2.45, 2.75) is 0 Å². The van der Waals surface area contributed by atoms with Gasteiger partial charge in [0.25, 0.3) is 0 Å². The van der Waals surface area contributed by atoms with Crippen molar-refractivity contribution < 1.29 is 9.53 Å². The Bertz CT molecular complexity index is 568. The predicted octanol–water partition coefficient (Wildman–Crippen LogP) is 2.05. The van der Waals surface area contributed by atoms with Crippen LogP contribution < -0.4 is 5.43 Å². The number of nitrogens with one attached hydrogen (secondary N) is 1. The molecule has 0 radical (unpaired) electrons. The van der Waals surface area contributed by atoms with E-state index < -0.39 is 5.97 Å². The van der Waals surface area contributed by atoms with Gasteiger partial charge in [0.05, 0.1) is 18.4 Å². The molecule has 0 heterocycles. The van der Waals surface area contributed by atoms with Gasteiger partial charge < -0.3 is 4.74 Å². The van der Waals surface area contributed by atoms with Crippen molar-refractivity contribution in [2.75, 3.05) is 12.5 Å². The highest BCUT2D eigenvalue weighted by molar-refractivity contribution is 9.10. The minimum atomic E-state index is -0.504. The molecule has 90 valence electrons. The Hall–Kier alpha value is -2.38. The Kier molecular flexibility index (Phi) is 4.85. The minimum Gasteiger partial charge on any atom is -0.465 e. The van der Waals surface area contributed by atoms with Crippen molar-refractivity contribution >= 4 is 33.3 Å². The number of hydrogen-bond donors (Lipinski definition) is 1. The number of carbonyl (C=O) groups excluding carboxylic acids is 1. The van der Waals surface area contributed by atoms with Gasteiger partial charge in [0.1, 0.15) is 12.1 Å². The summed E-state index contributed by atoms with van der Waals surface area (Å²) in [7, 11) is 1.27.